The van der Waals surface area contributed by atoms with Crippen LogP contribution in [-0.2, 0) is 57.6 Å². The number of nitrogens with one attached hydrogen (secondary N) is 5. The highest BCUT2D eigenvalue weighted by Gasteiger charge is 2.40. The molecule has 0 unspecified atom stereocenters. The van der Waals surface area contributed by atoms with E-state index < -0.39 is 103 Å². The molecule has 1 heterocycles. The number of carbonyl (C=O) groups excluding carboxylic acids is 7. The minimum absolute atomic E-state index is 0.00567. The van der Waals surface area contributed by atoms with E-state index in [1.165, 1.54) is 0 Å². The molecule has 66 heavy (non-hydrogen) atoms. The van der Waals surface area contributed by atoms with Crippen LogP contribution in [0, 0.1) is 0 Å². The molecule has 15 N–H and O–H groups in total. The number of amides is 7. The lowest BCUT2D eigenvalue weighted by Crippen LogP contribution is -2.60. The Morgan fingerprint density at radius 1 is 0.636 bits per heavy atom. The van der Waals surface area contributed by atoms with Crippen molar-refractivity contribution in [3.8, 4) is 0 Å². The molecule has 0 aromatic heterocycles. The first-order valence-corrected chi connectivity index (χ1v) is 21.4. The third kappa shape index (κ3) is 16.3. The number of aliphatic imine (C=N–C) groups is 1. The summed E-state index contributed by atoms with van der Waals surface area (Å²) in [7, 11) is 0. The summed E-state index contributed by atoms with van der Waals surface area (Å²) in [6.45, 7) is -0.638. The van der Waals surface area contributed by atoms with Gasteiger partial charge in [0.1, 0.15) is 42.3 Å². The van der Waals surface area contributed by atoms with Gasteiger partial charge in [-0.05, 0) is 42.4 Å². The molecule has 21 nitrogen and oxygen atoms in total. The number of aliphatic hydroxyl groups is 1. The Hall–Kier alpha value is -7.39. The summed E-state index contributed by atoms with van der Waals surface area (Å²) in [5.74, 6) is -7.32. The quantitative estimate of drug-likeness (QED) is 0.0238. The lowest BCUT2D eigenvalue weighted by Gasteiger charge is -2.30. The zero-order valence-electron chi connectivity index (χ0n) is 36.3. The third-order valence-corrected chi connectivity index (χ3v) is 10.7. The van der Waals surface area contributed by atoms with Crippen molar-refractivity contribution in [2.75, 3.05) is 19.7 Å². The van der Waals surface area contributed by atoms with Gasteiger partial charge in [0, 0.05) is 32.4 Å². The van der Waals surface area contributed by atoms with Gasteiger partial charge in [-0.3, -0.25) is 43.3 Å². The van der Waals surface area contributed by atoms with Gasteiger partial charge in [0.15, 0.2) is 5.96 Å². The lowest BCUT2D eigenvalue weighted by atomic mass is 10.0. The largest absolute Gasteiger partial charge is 0.481 e. The monoisotopic (exact) mass is 913 g/mol. The summed E-state index contributed by atoms with van der Waals surface area (Å²) in [6.07, 6.45) is -0.208. The van der Waals surface area contributed by atoms with Crippen LogP contribution < -0.4 is 49.5 Å². The van der Waals surface area contributed by atoms with Crippen molar-refractivity contribution in [1.82, 2.24) is 31.5 Å². The summed E-state index contributed by atoms with van der Waals surface area (Å²) in [6, 6.07) is 16.9. The highest BCUT2D eigenvalue weighted by Crippen LogP contribution is 2.20. The summed E-state index contributed by atoms with van der Waals surface area (Å²) in [4.78, 5) is 112. The van der Waals surface area contributed by atoms with E-state index in [1.54, 1.807) is 91.0 Å². The van der Waals surface area contributed by atoms with Crippen LogP contribution in [0.25, 0.3) is 0 Å². The molecule has 7 atom stereocenters. The molecule has 3 aromatic carbocycles. The molecule has 1 aliphatic heterocycles. The standard InChI is InChI=1S/C45H59N11O10/c46-30(26-57)39(61)55-35(25-37(58)59)44(66)56-21-11-19-36(56)43(65)54-34(24-29-16-8-3-9-17-29)42(64)53-33(23-28-14-6-2-7-15-28)41(63)51-31(18-10-20-50-45(48)49)40(62)52-32(38(47)60)22-27-12-4-1-5-13-27/h1-9,12-17,30-36,57H,10-11,18-26,46H2,(H2,47,60)(H,51,63)(H,52,62)(H,53,64)(H,54,65)(H,55,61)(H,58,59)(H4,48,49,50)/t30-,31-,32-,33-,34-,35-,36-/m0/s1. The van der Waals surface area contributed by atoms with Gasteiger partial charge in [0.05, 0.1) is 13.0 Å². The predicted molar refractivity (Wildman–Crippen MR) is 241 cm³/mol. The molecule has 7 amide bonds. The first-order valence-electron chi connectivity index (χ1n) is 21.4. The molecule has 0 bridgehead atoms. The maximum atomic E-state index is 14.4. The van der Waals surface area contributed by atoms with Crippen LogP contribution in [0.2, 0.25) is 0 Å². The zero-order chi connectivity index (χ0) is 48.2. The number of guanidine groups is 1. The van der Waals surface area contributed by atoms with E-state index in [9.17, 15) is 48.6 Å². The molecule has 4 rings (SSSR count). The number of carboxylic acids is 1. The highest BCUT2D eigenvalue weighted by atomic mass is 16.4. The van der Waals surface area contributed by atoms with E-state index in [4.69, 9.17) is 22.9 Å². The van der Waals surface area contributed by atoms with Crippen molar-refractivity contribution in [1.29, 1.82) is 0 Å². The average molecular weight is 914 g/mol. The number of hydrogen-bond donors (Lipinski definition) is 11. The van der Waals surface area contributed by atoms with E-state index in [-0.39, 0.29) is 57.6 Å². The van der Waals surface area contributed by atoms with Gasteiger partial charge in [-0.2, -0.15) is 0 Å². The van der Waals surface area contributed by atoms with Crippen LogP contribution in [-0.4, -0.2) is 130 Å². The summed E-state index contributed by atoms with van der Waals surface area (Å²) < 4.78 is 0. The maximum absolute atomic E-state index is 14.4. The third-order valence-electron chi connectivity index (χ3n) is 10.7. The normalized spacial score (nSPS) is 15.9. The molecule has 0 saturated carbocycles. The van der Waals surface area contributed by atoms with Gasteiger partial charge in [0.25, 0.3) is 0 Å². The molecule has 1 aliphatic rings. The van der Waals surface area contributed by atoms with Crippen LogP contribution in [0.5, 0.6) is 0 Å². The number of aliphatic hydroxyl groups excluding tert-OH is 1. The molecule has 1 fully saturated rings. The first kappa shape index (κ1) is 51.2. The number of primary amides is 1. The second-order valence-corrected chi connectivity index (χ2v) is 15.8. The van der Waals surface area contributed by atoms with Crippen molar-refractivity contribution < 1.29 is 48.6 Å². The molecular formula is C45H59N11O10. The van der Waals surface area contributed by atoms with E-state index in [0.717, 1.165) is 10.5 Å². The number of hydrogen-bond acceptors (Lipinski definition) is 11. The second kappa shape index (κ2) is 25.8. The Balaban J connectivity index is 1.61. The fourth-order valence-electron chi connectivity index (χ4n) is 7.29. The second-order valence-electron chi connectivity index (χ2n) is 15.8. The number of nitrogens with two attached hydrogens (primary N) is 4. The minimum atomic E-state index is -1.62. The van der Waals surface area contributed by atoms with Crippen LogP contribution >= 0.6 is 0 Å². The number of carbonyl (C=O) groups is 8. The Kier molecular flexibility index (Phi) is 20.0. The van der Waals surface area contributed by atoms with Crippen LogP contribution in [0.1, 0.15) is 48.8 Å². The fourth-order valence-corrected chi connectivity index (χ4v) is 7.29. The molecule has 21 heteroatoms. The summed E-state index contributed by atoms with van der Waals surface area (Å²) in [5.41, 5.74) is 24.2. The van der Waals surface area contributed by atoms with Gasteiger partial charge in [-0.25, -0.2) is 0 Å². The fraction of sp³-hybridized carbons (Fsp3) is 0.400. The van der Waals surface area contributed by atoms with E-state index in [2.05, 4.69) is 31.6 Å². The van der Waals surface area contributed by atoms with Crippen molar-refractivity contribution in [2.24, 2.45) is 27.9 Å². The maximum Gasteiger partial charge on any atom is 0.305 e. The average Bonchev–Trinajstić information content (AvgIpc) is 3.79. The smallest absolute Gasteiger partial charge is 0.305 e. The molecule has 0 spiro atoms. The highest BCUT2D eigenvalue weighted by molar-refractivity contribution is 5.98. The van der Waals surface area contributed by atoms with Gasteiger partial charge in [-0.1, -0.05) is 91.0 Å². The Morgan fingerprint density at radius 3 is 1.58 bits per heavy atom. The van der Waals surface area contributed by atoms with Gasteiger partial charge in [-0.15, -0.1) is 0 Å². The van der Waals surface area contributed by atoms with Gasteiger partial charge >= 0.3 is 5.97 Å². The molecule has 0 radical (unpaired) electrons. The number of benzene rings is 3. The molecule has 3 aromatic rings. The van der Waals surface area contributed by atoms with Crippen LogP contribution in [0.3, 0.4) is 0 Å². The Morgan fingerprint density at radius 2 is 1.09 bits per heavy atom. The van der Waals surface area contributed by atoms with Crippen LogP contribution in [0.4, 0.5) is 0 Å². The molecular weight excluding hydrogens is 855 g/mol. The molecule has 354 valence electrons. The zero-order valence-corrected chi connectivity index (χ0v) is 36.3. The number of carboxylic acid groups (broad SMARTS) is 1. The number of nitrogens with zero attached hydrogens (tertiary/aromatic N) is 2. The van der Waals surface area contributed by atoms with Crippen molar-refractivity contribution >= 4 is 53.3 Å². The van der Waals surface area contributed by atoms with Gasteiger partial charge < -0.3 is 64.6 Å². The van der Waals surface area contributed by atoms with Crippen molar-refractivity contribution in [3.05, 3.63) is 108 Å². The first-order chi connectivity index (χ1) is 31.6. The number of rotatable bonds is 25. The number of aliphatic carboxylic acids is 1. The SMILES string of the molecule is NC(=O)[C@H](Cc1ccccc1)NC(=O)[C@H](CCCN=C(N)N)NC(=O)[C@H](Cc1ccccc1)NC(=O)[C@H](Cc1ccccc1)NC(=O)[C@@H]1CCCN1C(=O)[C@H](CC(=O)O)NC(=O)[C@@H](N)CO. The van der Waals surface area contributed by atoms with E-state index in [1.807, 2.05) is 0 Å². The van der Waals surface area contributed by atoms with E-state index in [0.29, 0.717) is 17.5 Å². The van der Waals surface area contributed by atoms with Crippen molar-refractivity contribution in [3.63, 3.8) is 0 Å². The Labute approximate surface area is 381 Å². The summed E-state index contributed by atoms with van der Waals surface area (Å²) in [5, 5.41) is 31.9. The van der Waals surface area contributed by atoms with Crippen LogP contribution in [0.15, 0.2) is 96.0 Å². The molecule has 1 saturated heterocycles. The predicted octanol–water partition coefficient (Wildman–Crippen LogP) is -2.54. The van der Waals surface area contributed by atoms with E-state index >= 15 is 0 Å². The van der Waals surface area contributed by atoms with Gasteiger partial charge in [0.2, 0.25) is 41.4 Å². The summed E-state index contributed by atoms with van der Waals surface area (Å²) >= 11 is 0. The topological polar surface area (TPSA) is 357 Å². The number of likely N-dealkylation sites (tertiary alicyclic amines) is 1. The van der Waals surface area contributed by atoms with Crippen molar-refractivity contribution in [2.45, 2.75) is 93.7 Å². The minimum Gasteiger partial charge on any atom is -0.481 e. The molecule has 0 aliphatic carbocycles. The lowest BCUT2D eigenvalue weighted by molar-refractivity contribution is -0.146. The Bertz CT molecular complexity index is 2160.